The van der Waals surface area contributed by atoms with Crippen molar-refractivity contribution in [3.05, 3.63) is 52.8 Å². The Balaban J connectivity index is 1.76. The van der Waals surface area contributed by atoms with Gasteiger partial charge in [-0.2, -0.15) is 8.42 Å². The lowest BCUT2D eigenvalue weighted by atomic mass is 9.86. The molecule has 1 atom stereocenters. The fraction of sp³-hybridized carbons (Fsp3) is 0.455. The van der Waals surface area contributed by atoms with E-state index in [9.17, 15) is 23.0 Å². The van der Waals surface area contributed by atoms with Gasteiger partial charge in [0.05, 0.1) is 6.26 Å². The predicted octanol–water partition coefficient (Wildman–Crippen LogP) is 3.39. The minimum absolute atomic E-state index is 0.204. The second-order valence-corrected chi connectivity index (χ2v) is 9.39. The van der Waals surface area contributed by atoms with Crippen LogP contribution in [-0.4, -0.2) is 48.9 Å². The molecule has 8 heteroatoms. The molecule has 1 aliphatic rings. The standard InChI is InChI=1S/C22H28FNO5S/c1-3-11-24(12-10-15-4-7-18(25)8-5-15)17-6-9-19-16(13-17)14-20(26)22(21(19)23)29-30(2,27)28/h4-5,7-8,14,17,25-26H,3,6,9-13H2,1-2H3. The molecule has 0 radical (unpaired) electrons. The second-order valence-electron chi connectivity index (χ2n) is 7.81. The Morgan fingerprint density at radius 3 is 2.53 bits per heavy atom. The molecule has 2 N–H and O–H groups in total. The SMILES string of the molecule is CCCN(CCc1ccc(O)cc1)C1CCc2c(cc(O)c(OS(C)(=O)=O)c2F)C1. The van der Waals surface area contributed by atoms with E-state index in [0.29, 0.717) is 24.0 Å². The number of fused-ring (bicyclic) bond motifs is 1. The first kappa shape index (κ1) is 22.4. The number of phenols is 2. The summed E-state index contributed by atoms with van der Waals surface area (Å²) in [5.74, 6) is -1.66. The quantitative estimate of drug-likeness (QED) is 0.616. The lowest BCUT2D eigenvalue weighted by Crippen LogP contribution is -2.41. The van der Waals surface area contributed by atoms with Crippen LogP contribution in [0, 0.1) is 5.82 Å². The number of halogens is 1. The average Bonchev–Trinajstić information content (AvgIpc) is 2.68. The average molecular weight is 438 g/mol. The molecule has 1 unspecified atom stereocenters. The van der Waals surface area contributed by atoms with Gasteiger partial charge in [-0.1, -0.05) is 19.1 Å². The van der Waals surface area contributed by atoms with E-state index in [4.69, 9.17) is 0 Å². The Morgan fingerprint density at radius 1 is 1.20 bits per heavy atom. The van der Waals surface area contributed by atoms with Gasteiger partial charge >= 0.3 is 10.1 Å². The van der Waals surface area contributed by atoms with Crippen LogP contribution in [0.15, 0.2) is 30.3 Å². The summed E-state index contributed by atoms with van der Waals surface area (Å²) in [7, 11) is -3.94. The van der Waals surface area contributed by atoms with Crippen molar-refractivity contribution in [3.8, 4) is 17.2 Å². The zero-order chi connectivity index (χ0) is 21.9. The summed E-state index contributed by atoms with van der Waals surface area (Å²) in [4.78, 5) is 2.38. The van der Waals surface area contributed by atoms with E-state index in [1.165, 1.54) is 6.07 Å². The summed E-state index contributed by atoms with van der Waals surface area (Å²) < 4.78 is 42.2. The normalized spacial score (nSPS) is 16.5. The van der Waals surface area contributed by atoms with Crippen LogP contribution < -0.4 is 4.18 Å². The van der Waals surface area contributed by atoms with E-state index < -0.39 is 27.4 Å². The Kier molecular flexibility index (Phi) is 6.88. The van der Waals surface area contributed by atoms with Gasteiger partial charge in [0.15, 0.2) is 11.6 Å². The fourth-order valence-corrected chi connectivity index (χ4v) is 4.53. The molecule has 3 rings (SSSR count). The summed E-state index contributed by atoms with van der Waals surface area (Å²) in [6.45, 7) is 3.86. The first-order valence-corrected chi connectivity index (χ1v) is 11.9. The molecule has 0 aromatic heterocycles. The fourth-order valence-electron chi connectivity index (χ4n) is 4.07. The third kappa shape index (κ3) is 5.43. The van der Waals surface area contributed by atoms with E-state index in [2.05, 4.69) is 16.0 Å². The number of hydrogen-bond acceptors (Lipinski definition) is 6. The van der Waals surface area contributed by atoms with Gasteiger partial charge < -0.3 is 14.4 Å². The smallest absolute Gasteiger partial charge is 0.306 e. The van der Waals surface area contributed by atoms with Crippen LogP contribution in [0.2, 0.25) is 0 Å². The molecular formula is C22H28FNO5S. The van der Waals surface area contributed by atoms with Crippen LogP contribution in [0.5, 0.6) is 17.2 Å². The molecule has 6 nitrogen and oxygen atoms in total. The molecule has 164 valence electrons. The maximum Gasteiger partial charge on any atom is 0.306 e. The van der Waals surface area contributed by atoms with Gasteiger partial charge in [-0.3, -0.25) is 4.90 Å². The molecule has 0 heterocycles. The largest absolute Gasteiger partial charge is 0.508 e. The summed E-state index contributed by atoms with van der Waals surface area (Å²) >= 11 is 0. The zero-order valence-electron chi connectivity index (χ0n) is 17.3. The van der Waals surface area contributed by atoms with Crippen LogP contribution in [0.25, 0.3) is 0 Å². The van der Waals surface area contributed by atoms with E-state index in [1.807, 2.05) is 12.1 Å². The Labute approximate surface area is 177 Å². The number of phenolic OH excluding ortho intramolecular Hbond substituents is 2. The van der Waals surface area contributed by atoms with Crippen molar-refractivity contribution in [2.45, 2.75) is 45.1 Å². The van der Waals surface area contributed by atoms with Gasteiger partial charge in [0.2, 0.25) is 5.75 Å². The van der Waals surface area contributed by atoms with E-state index in [-0.39, 0.29) is 11.8 Å². The van der Waals surface area contributed by atoms with Gasteiger partial charge in [-0.25, -0.2) is 4.39 Å². The van der Waals surface area contributed by atoms with Crippen LogP contribution in [0.1, 0.15) is 36.5 Å². The van der Waals surface area contributed by atoms with E-state index >= 15 is 0 Å². The maximum atomic E-state index is 14.8. The summed E-state index contributed by atoms with van der Waals surface area (Å²) in [5, 5.41) is 19.6. The van der Waals surface area contributed by atoms with Crippen molar-refractivity contribution in [2.75, 3.05) is 19.3 Å². The van der Waals surface area contributed by atoms with Gasteiger partial charge in [0.1, 0.15) is 5.75 Å². The molecule has 0 spiro atoms. The van der Waals surface area contributed by atoms with Crippen LogP contribution >= 0.6 is 0 Å². The topological polar surface area (TPSA) is 87.1 Å². The third-order valence-corrected chi connectivity index (χ3v) is 5.93. The van der Waals surface area contributed by atoms with Crippen molar-refractivity contribution in [3.63, 3.8) is 0 Å². The van der Waals surface area contributed by atoms with Gasteiger partial charge in [0.25, 0.3) is 0 Å². The van der Waals surface area contributed by atoms with E-state index in [1.54, 1.807) is 12.1 Å². The van der Waals surface area contributed by atoms with Gasteiger partial charge in [-0.15, -0.1) is 0 Å². The molecule has 0 fully saturated rings. The highest BCUT2D eigenvalue weighted by Crippen LogP contribution is 2.38. The number of nitrogens with zero attached hydrogens (tertiary/aromatic N) is 1. The number of hydrogen-bond donors (Lipinski definition) is 2. The Bertz CT molecular complexity index is 992. The first-order valence-electron chi connectivity index (χ1n) is 10.1. The van der Waals surface area contributed by atoms with Gasteiger partial charge in [0, 0.05) is 12.6 Å². The Morgan fingerprint density at radius 2 is 1.90 bits per heavy atom. The molecule has 0 aliphatic heterocycles. The maximum absolute atomic E-state index is 14.8. The molecule has 0 bridgehead atoms. The Hall–Kier alpha value is -2.32. The predicted molar refractivity (Wildman–Crippen MR) is 113 cm³/mol. The van der Waals surface area contributed by atoms with Crippen molar-refractivity contribution >= 4 is 10.1 Å². The molecule has 0 saturated carbocycles. The highest BCUT2D eigenvalue weighted by Gasteiger charge is 2.29. The number of benzene rings is 2. The van der Waals surface area contributed by atoms with Crippen LogP contribution in [0.4, 0.5) is 4.39 Å². The lowest BCUT2D eigenvalue weighted by molar-refractivity contribution is 0.180. The van der Waals surface area contributed by atoms with E-state index in [0.717, 1.165) is 44.2 Å². The minimum atomic E-state index is -3.94. The first-order chi connectivity index (χ1) is 14.2. The van der Waals surface area contributed by atoms with Crippen molar-refractivity contribution in [1.29, 1.82) is 0 Å². The van der Waals surface area contributed by atoms with Crippen LogP contribution in [-0.2, 0) is 29.4 Å². The van der Waals surface area contributed by atoms with Crippen molar-refractivity contribution < 1.29 is 27.2 Å². The number of aromatic hydroxyl groups is 2. The summed E-state index contributed by atoms with van der Waals surface area (Å²) in [6, 6.07) is 8.80. The summed E-state index contributed by atoms with van der Waals surface area (Å²) in [5.41, 5.74) is 2.24. The molecule has 0 saturated heterocycles. The highest BCUT2D eigenvalue weighted by atomic mass is 32.2. The zero-order valence-corrected chi connectivity index (χ0v) is 18.1. The second kappa shape index (κ2) is 9.22. The molecular weight excluding hydrogens is 409 g/mol. The minimum Gasteiger partial charge on any atom is -0.508 e. The molecule has 0 amide bonds. The van der Waals surface area contributed by atoms with Crippen LogP contribution in [0.3, 0.4) is 0 Å². The molecule has 2 aromatic carbocycles. The molecule has 1 aliphatic carbocycles. The number of rotatable bonds is 8. The van der Waals surface area contributed by atoms with Gasteiger partial charge in [-0.05, 0) is 73.5 Å². The summed E-state index contributed by atoms with van der Waals surface area (Å²) in [6.07, 6.45) is 4.41. The monoisotopic (exact) mass is 437 g/mol. The molecule has 30 heavy (non-hydrogen) atoms. The molecule has 2 aromatic rings. The third-order valence-electron chi connectivity index (χ3n) is 5.46. The highest BCUT2D eigenvalue weighted by molar-refractivity contribution is 7.86. The van der Waals surface area contributed by atoms with Crippen molar-refractivity contribution in [1.82, 2.24) is 4.90 Å². The lowest BCUT2D eigenvalue weighted by Gasteiger charge is -2.35. The van der Waals surface area contributed by atoms with Crippen molar-refractivity contribution in [2.24, 2.45) is 0 Å².